The van der Waals surface area contributed by atoms with Gasteiger partial charge < -0.3 is 5.32 Å². The summed E-state index contributed by atoms with van der Waals surface area (Å²) in [7, 11) is -3.02. The molecule has 1 aliphatic rings. The molecule has 0 spiro atoms. The van der Waals surface area contributed by atoms with Gasteiger partial charge in [0, 0.05) is 6.04 Å². The van der Waals surface area contributed by atoms with Gasteiger partial charge in [-0.05, 0) is 52.5 Å². The van der Waals surface area contributed by atoms with E-state index in [1.165, 1.54) is 0 Å². The molecule has 1 fully saturated rings. The summed E-state index contributed by atoms with van der Waals surface area (Å²) >= 11 is 0. The van der Waals surface area contributed by atoms with Gasteiger partial charge in [-0.2, -0.15) is 0 Å². The summed E-state index contributed by atoms with van der Waals surface area (Å²) in [4.78, 5) is 0. The molecule has 3 unspecified atom stereocenters. The van der Waals surface area contributed by atoms with Crippen molar-refractivity contribution in [1.82, 2.24) is 5.32 Å². The summed E-state index contributed by atoms with van der Waals surface area (Å²) in [6.45, 7) is 10.6. The van der Waals surface area contributed by atoms with Crippen molar-refractivity contribution in [3.63, 3.8) is 0 Å². The molecule has 0 amide bonds. The molecule has 0 aliphatic heterocycles. The second-order valence-corrected chi connectivity index (χ2v) is 9.11. The minimum atomic E-state index is -3.02. The number of hydrogen-bond acceptors (Lipinski definition) is 3. The zero-order valence-corrected chi connectivity index (χ0v) is 12.6. The van der Waals surface area contributed by atoms with Crippen LogP contribution in [0, 0.1) is 5.92 Å². The lowest BCUT2D eigenvalue weighted by atomic mass is 10.1. The highest BCUT2D eigenvalue weighted by Gasteiger charge is 2.45. The predicted molar refractivity (Wildman–Crippen MR) is 72.9 cm³/mol. The van der Waals surface area contributed by atoms with Crippen LogP contribution >= 0.6 is 0 Å². The molecule has 1 N–H and O–H groups in total. The van der Waals surface area contributed by atoms with Crippen molar-refractivity contribution >= 4 is 9.84 Å². The van der Waals surface area contributed by atoms with E-state index in [9.17, 15) is 8.42 Å². The van der Waals surface area contributed by atoms with Crippen LogP contribution in [0.25, 0.3) is 0 Å². The molecule has 0 bridgehead atoms. The lowest BCUT2D eigenvalue weighted by Gasteiger charge is -2.28. The highest BCUT2D eigenvalue weighted by atomic mass is 32.2. The second-order valence-electron chi connectivity index (χ2n) is 6.19. The standard InChI is InChI=1S/C13H27NO2S/c1-6-9-14-11-7-8-12(10(11)2)17(15,16)13(3,4)5/h10-12,14H,6-9H2,1-5H3. The van der Waals surface area contributed by atoms with E-state index in [1.807, 2.05) is 20.8 Å². The molecule has 1 rings (SSSR count). The summed E-state index contributed by atoms with van der Waals surface area (Å²) < 4.78 is 24.3. The summed E-state index contributed by atoms with van der Waals surface area (Å²) in [6, 6.07) is 0.372. The molecule has 102 valence electrons. The molecule has 1 aliphatic carbocycles. The lowest BCUT2D eigenvalue weighted by Crippen LogP contribution is -2.42. The smallest absolute Gasteiger partial charge is 0.158 e. The van der Waals surface area contributed by atoms with E-state index < -0.39 is 14.6 Å². The maximum Gasteiger partial charge on any atom is 0.158 e. The van der Waals surface area contributed by atoms with Gasteiger partial charge in [0.1, 0.15) is 0 Å². The largest absolute Gasteiger partial charge is 0.314 e. The molecular weight excluding hydrogens is 234 g/mol. The van der Waals surface area contributed by atoms with Gasteiger partial charge in [0.2, 0.25) is 0 Å². The molecule has 3 atom stereocenters. The zero-order chi connectivity index (χ0) is 13.3. The fourth-order valence-electron chi connectivity index (χ4n) is 2.64. The van der Waals surface area contributed by atoms with Crippen LogP contribution in [0.5, 0.6) is 0 Å². The van der Waals surface area contributed by atoms with Crippen molar-refractivity contribution in [3.8, 4) is 0 Å². The molecule has 17 heavy (non-hydrogen) atoms. The van der Waals surface area contributed by atoms with Crippen LogP contribution in [0.15, 0.2) is 0 Å². The van der Waals surface area contributed by atoms with Crippen LogP contribution in [-0.2, 0) is 9.84 Å². The molecule has 0 heterocycles. The summed E-state index contributed by atoms with van der Waals surface area (Å²) in [6.07, 6.45) is 2.89. The van der Waals surface area contributed by atoms with E-state index >= 15 is 0 Å². The molecule has 1 saturated carbocycles. The molecule has 0 radical (unpaired) electrons. The van der Waals surface area contributed by atoms with Gasteiger partial charge in [0.25, 0.3) is 0 Å². The van der Waals surface area contributed by atoms with Gasteiger partial charge in [-0.3, -0.25) is 0 Å². The van der Waals surface area contributed by atoms with Crippen molar-refractivity contribution in [3.05, 3.63) is 0 Å². The number of rotatable bonds is 4. The first-order valence-electron chi connectivity index (χ1n) is 6.68. The molecule has 0 aromatic carbocycles. The van der Waals surface area contributed by atoms with E-state index in [4.69, 9.17) is 0 Å². The maximum absolute atomic E-state index is 12.5. The Hall–Kier alpha value is -0.0900. The maximum atomic E-state index is 12.5. The quantitative estimate of drug-likeness (QED) is 0.845. The first-order chi connectivity index (χ1) is 7.71. The Labute approximate surface area is 106 Å². The van der Waals surface area contributed by atoms with Crippen LogP contribution in [0.3, 0.4) is 0 Å². The highest BCUT2D eigenvalue weighted by molar-refractivity contribution is 7.93. The summed E-state index contributed by atoms with van der Waals surface area (Å²) in [5.74, 6) is 0.228. The molecule has 0 saturated heterocycles. The van der Waals surface area contributed by atoms with Crippen LogP contribution < -0.4 is 5.32 Å². The van der Waals surface area contributed by atoms with Crippen molar-refractivity contribution < 1.29 is 8.42 Å². The average molecular weight is 261 g/mol. The third-order valence-electron chi connectivity index (χ3n) is 3.89. The van der Waals surface area contributed by atoms with Gasteiger partial charge in [-0.15, -0.1) is 0 Å². The van der Waals surface area contributed by atoms with Gasteiger partial charge in [0.15, 0.2) is 9.84 Å². The number of nitrogens with one attached hydrogen (secondary N) is 1. The predicted octanol–water partition coefficient (Wildman–Crippen LogP) is 2.37. The third kappa shape index (κ3) is 3.02. The Balaban J connectivity index is 2.77. The topological polar surface area (TPSA) is 46.2 Å². The Morgan fingerprint density at radius 2 is 1.82 bits per heavy atom. The zero-order valence-electron chi connectivity index (χ0n) is 11.8. The van der Waals surface area contributed by atoms with Crippen LogP contribution in [-0.4, -0.2) is 31.0 Å². The first-order valence-corrected chi connectivity index (χ1v) is 8.23. The Kier molecular flexibility index (Phi) is 4.64. The van der Waals surface area contributed by atoms with E-state index in [1.54, 1.807) is 0 Å². The first kappa shape index (κ1) is 15.0. The summed E-state index contributed by atoms with van der Waals surface area (Å²) in [5.41, 5.74) is 0. The van der Waals surface area contributed by atoms with E-state index in [-0.39, 0.29) is 11.2 Å². The minimum Gasteiger partial charge on any atom is -0.314 e. The summed E-state index contributed by atoms with van der Waals surface area (Å²) in [5, 5.41) is 3.30. The van der Waals surface area contributed by atoms with Crippen LogP contribution in [0.1, 0.15) is 53.9 Å². The van der Waals surface area contributed by atoms with Crippen molar-refractivity contribution in [2.24, 2.45) is 5.92 Å². The van der Waals surface area contributed by atoms with Gasteiger partial charge in [-0.1, -0.05) is 13.8 Å². The Morgan fingerprint density at radius 3 is 2.29 bits per heavy atom. The monoisotopic (exact) mass is 261 g/mol. The van der Waals surface area contributed by atoms with E-state index in [0.29, 0.717) is 6.04 Å². The van der Waals surface area contributed by atoms with E-state index in [2.05, 4.69) is 19.2 Å². The fourth-order valence-corrected chi connectivity index (χ4v) is 4.75. The fraction of sp³-hybridized carbons (Fsp3) is 1.00. The average Bonchev–Trinajstić information content (AvgIpc) is 2.55. The van der Waals surface area contributed by atoms with E-state index in [0.717, 1.165) is 25.8 Å². The molecule has 0 aromatic heterocycles. The van der Waals surface area contributed by atoms with Crippen molar-refractivity contribution in [2.75, 3.05) is 6.54 Å². The van der Waals surface area contributed by atoms with Gasteiger partial charge >= 0.3 is 0 Å². The minimum absolute atomic E-state index is 0.170. The molecule has 4 heteroatoms. The SMILES string of the molecule is CCCNC1CCC(S(=O)(=O)C(C)(C)C)C1C. The number of sulfone groups is 1. The van der Waals surface area contributed by atoms with Crippen molar-refractivity contribution in [2.45, 2.75) is 69.9 Å². The van der Waals surface area contributed by atoms with Gasteiger partial charge in [-0.25, -0.2) is 8.42 Å². The van der Waals surface area contributed by atoms with Crippen LogP contribution in [0.4, 0.5) is 0 Å². The molecule has 3 nitrogen and oxygen atoms in total. The van der Waals surface area contributed by atoms with Crippen LogP contribution in [0.2, 0.25) is 0 Å². The normalized spacial score (nSPS) is 30.8. The third-order valence-corrected chi connectivity index (χ3v) is 7.06. The molecule has 0 aromatic rings. The molecular formula is C13H27NO2S. The number of hydrogen-bond donors (Lipinski definition) is 1. The van der Waals surface area contributed by atoms with Crippen molar-refractivity contribution in [1.29, 1.82) is 0 Å². The second kappa shape index (κ2) is 5.27. The van der Waals surface area contributed by atoms with Gasteiger partial charge in [0.05, 0.1) is 10.00 Å². The lowest BCUT2D eigenvalue weighted by molar-refractivity contribution is 0.421. The Bertz CT molecular complexity index is 343. The Morgan fingerprint density at radius 1 is 1.24 bits per heavy atom. The highest BCUT2D eigenvalue weighted by Crippen LogP contribution is 2.36.